The molecule has 7 heteroatoms. The Kier molecular flexibility index (Phi) is 7.07. The van der Waals surface area contributed by atoms with Gasteiger partial charge in [-0.15, -0.1) is 0 Å². The van der Waals surface area contributed by atoms with Crippen LogP contribution in [-0.4, -0.2) is 32.1 Å². The first-order valence-corrected chi connectivity index (χ1v) is 8.83. The summed E-state index contributed by atoms with van der Waals surface area (Å²) in [6.45, 7) is 3.73. The van der Waals surface area contributed by atoms with Gasteiger partial charge in [0, 0.05) is 11.1 Å². The first-order chi connectivity index (χ1) is 12.8. The molecule has 0 aliphatic rings. The molecule has 2 aromatic rings. The van der Waals surface area contributed by atoms with Gasteiger partial charge in [-0.3, -0.25) is 9.59 Å². The molecule has 2 aromatic carbocycles. The van der Waals surface area contributed by atoms with Crippen LogP contribution in [0.4, 0.5) is 5.69 Å². The number of carbonyl (C=O) groups is 2. The number of methoxy groups -OCH3 is 2. The van der Waals surface area contributed by atoms with E-state index in [1.54, 1.807) is 43.5 Å². The summed E-state index contributed by atoms with van der Waals surface area (Å²) in [5.74, 6) is 0.581. The number of amides is 2. The molecular weight excluding hydrogens is 368 g/mol. The minimum atomic E-state index is -0.275. The molecule has 6 nitrogen and oxygen atoms in total. The van der Waals surface area contributed by atoms with Crippen LogP contribution in [0, 0.1) is 0 Å². The maximum Gasteiger partial charge on any atom is 0.253 e. The molecule has 0 saturated carbocycles. The van der Waals surface area contributed by atoms with E-state index in [4.69, 9.17) is 21.1 Å². The van der Waals surface area contributed by atoms with E-state index in [1.807, 2.05) is 13.8 Å². The fraction of sp³-hybridized carbons (Fsp3) is 0.300. The van der Waals surface area contributed by atoms with Crippen molar-refractivity contribution in [1.82, 2.24) is 5.32 Å². The van der Waals surface area contributed by atoms with Crippen molar-refractivity contribution >= 4 is 29.1 Å². The number of hydrogen-bond acceptors (Lipinski definition) is 4. The van der Waals surface area contributed by atoms with Gasteiger partial charge in [0.25, 0.3) is 5.91 Å². The number of rotatable bonds is 7. The Morgan fingerprint density at radius 1 is 1.04 bits per heavy atom. The van der Waals surface area contributed by atoms with Crippen molar-refractivity contribution in [3.63, 3.8) is 0 Å². The van der Waals surface area contributed by atoms with Crippen molar-refractivity contribution in [3.05, 3.63) is 52.5 Å². The van der Waals surface area contributed by atoms with Crippen molar-refractivity contribution in [1.29, 1.82) is 0 Å². The molecule has 2 amide bonds. The minimum Gasteiger partial charge on any atom is -0.493 e. The fourth-order valence-electron chi connectivity index (χ4n) is 2.53. The molecule has 0 radical (unpaired) electrons. The van der Waals surface area contributed by atoms with E-state index < -0.39 is 0 Å². The van der Waals surface area contributed by atoms with Gasteiger partial charge in [-0.25, -0.2) is 0 Å². The number of ether oxygens (including phenoxy) is 2. The van der Waals surface area contributed by atoms with Gasteiger partial charge in [0.15, 0.2) is 11.5 Å². The second-order valence-corrected chi connectivity index (χ2v) is 6.67. The number of benzene rings is 2. The van der Waals surface area contributed by atoms with Crippen molar-refractivity contribution < 1.29 is 19.1 Å². The number of hydrogen-bond donors (Lipinski definition) is 2. The molecule has 144 valence electrons. The Hall–Kier alpha value is -2.73. The van der Waals surface area contributed by atoms with E-state index in [2.05, 4.69) is 10.6 Å². The topological polar surface area (TPSA) is 76.7 Å². The van der Waals surface area contributed by atoms with E-state index in [0.29, 0.717) is 27.8 Å². The van der Waals surface area contributed by atoms with Crippen LogP contribution in [-0.2, 0) is 11.2 Å². The van der Waals surface area contributed by atoms with Gasteiger partial charge >= 0.3 is 0 Å². The standard InChI is InChI=1S/C20H23ClN2O4/c1-12(2)22-20(25)15-7-6-14(21)11-16(15)23-19(24)10-13-5-8-17(26-3)18(9-13)27-4/h5-9,11-12H,10H2,1-4H3,(H,22,25)(H,23,24). The molecule has 0 saturated heterocycles. The Balaban J connectivity index is 2.18. The smallest absolute Gasteiger partial charge is 0.253 e. The second kappa shape index (κ2) is 9.28. The number of carbonyl (C=O) groups excluding carboxylic acids is 2. The zero-order chi connectivity index (χ0) is 20.0. The molecule has 2 rings (SSSR count). The lowest BCUT2D eigenvalue weighted by Crippen LogP contribution is -2.31. The van der Waals surface area contributed by atoms with Crippen LogP contribution < -0.4 is 20.1 Å². The molecule has 0 fully saturated rings. The van der Waals surface area contributed by atoms with Crippen molar-refractivity contribution in [2.24, 2.45) is 0 Å². The highest BCUT2D eigenvalue weighted by atomic mass is 35.5. The van der Waals surface area contributed by atoms with Gasteiger partial charge in [0.2, 0.25) is 5.91 Å². The van der Waals surface area contributed by atoms with Crippen LogP contribution in [0.15, 0.2) is 36.4 Å². The first kappa shape index (κ1) is 20.6. The summed E-state index contributed by atoms with van der Waals surface area (Å²) < 4.78 is 10.4. The maximum absolute atomic E-state index is 12.5. The van der Waals surface area contributed by atoms with E-state index in [-0.39, 0.29) is 24.3 Å². The van der Waals surface area contributed by atoms with Gasteiger partial charge < -0.3 is 20.1 Å². The van der Waals surface area contributed by atoms with Crippen LogP contribution in [0.2, 0.25) is 5.02 Å². The summed E-state index contributed by atoms with van der Waals surface area (Å²) in [4.78, 5) is 24.8. The SMILES string of the molecule is COc1ccc(CC(=O)Nc2cc(Cl)ccc2C(=O)NC(C)C)cc1OC. The molecule has 0 unspecified atom stereocenters. The third-order valence-corrected chi connectivity index (χ3v) is 3.97. The number of anilines is 1. The summed E-state index contributed by atoms with van der Waals surface area (Å²) >= 11 is 6.03. The minimum absolute atomic E-state index is 0.0245. The summed E-state index contributed by atoms with van der Waals surface area (Å²) in [6.07, 6.45) is 0.109. The monoisotopic (exact) mass is 390 g/mol. The normalized spacial score (nSPS) is 10.4. The Labute approximate surface area is 163 Å². The highest BCUT2D eigenvalue weighted by molar-refractivity contribution is 6.31. The summed E-state index contributed by atoms with van der Waals surface area (Å²) in [6, 6.07) is 10.00. The number of nitrogens with one attached hydrogen (secondary N) is 2. The van der Waals surface area contributed by atoms with Crippen molar-refractivity contribution in [2.45, 2.75) is 26.3 Å². The average Bonchev–Trinajstić information content (AvgIpc) is 2.60. The Morgan fingerprint density at radius 2 is 1.74 bits per heavy atom. The summed E-state index contributed by atoms with van der Waals surface area (Å²) in [5.41, 5.74) is 1.47. The molecule has 0 atom stereocenters. The lowest BCUT2D eigenvalue weighted by atomic mass is 10.1. The summed E-state index contributed by atoms with van der Waals surface area (Å²) in [7, 11) is 3.08. The van der Waals surface area contributed by atoms with Crippen LogP contribution in [0.25, 0.3) is 0 Å². The van der Waals surface area contributed by atoms with E-state index in [1.165, 1.54) is 7.11 Å². The maximum atomic E-state index is 12.5. The van der Waals surface area contributed by atoms with Crippen molar-refractivity contribution in [2.75, 3.05) is 19.5 Å². The third-order valence-electron chi connectivity index (χ3n) is 3.73. The molecule has 2 N–H and O–H groups in total. The molecule has 27 heavy (non-hydrogen) atoms. The molecule has 0 spiro atoms. The lowest BCUT2D eigenvalue weighted by Gasteiger charge is -2.14. The highest BCUT2D eigenvalue weighted by Gasteiger charge is 2.16. The predicted molar refractivity (Wildman–Crippen MR) is 106 cm³/mol. The zero-order valence-electron chi connectivity index (χ0n) is 15.8. The van der Waals surface area contributed by atoms with Gasteiger partial charge in [-0.2, -0.15) is 0 Å². The third kappa shape index (κ3) is 5.62. The van der Waals surface area contributed by atoms with Gasteiger partial charge in [0.1, 0.15) is 0 Å². The molecular formula is C20H23ClN2O4. The lowest BCUT2D eigenvalue weighted by molar-refractivity contribution is -0.115. The van der Waals surface area contributed by atoms with E-state index in [9.17, 15) is 9.59 Å². The quantitative estimate of drug-likeness (QED) is 0.756. The molecule has 0 aliphatic heterocycles. The molecule has 0 aliphatic carbocycles. The van der Waals surface area contributed by atoms with E-state index >= 15 is 0 Å². The molecule has 0 bridgehead atoms. The molecule has 0 heterocycles. The van der Waals surface area contributed by atoms with E-state index in [0.717, 1.165) is 5.56 Å². The first-order valence-electron chi connectivity index (χ1n) is 8.45. The van der Waals surface area contributed by atoms with Gasteiger partial charge in [0.05, 0.1) is 31.9 Å². The predicted octanol–water partition coefficient (Wildman–Crippen LogP) is 3.68. The van der Waals surface area contributed by atoms with Gasteiger partial charge in [-0.05, 0) is 49.7 Å². The zero-order valence-corrected chi connectivity index (χ0v) is 16.5. The van der Waals surface area contributed by atoms with Crippen LogP contribution in [0.1, 0.15) is 29.8 Å². The Morgan fingerprint density at radius 3 is 2.37 bits per heavy atom. The van der Waals surface area contributed by atoms with Crippen LogP contribution in [0.5, 0.6) is 11.5 Å². The number of halogens is 1. The highest BCUT2D eigenvalue weighted by Crippen LogP contribution is 2.28. The Bertz CT molecular complexity index is 837. The van der Waals surface area contributed by atoms with Crippen LogP contribution >= 0.6 is 11.6 Å². The van der Waals surface area contributed by atoms with Crippen LogP contribution in [0.3, 0.4) is 0 Å². The summed E-state index contributed by atoms with van der Waals surface area (Å²) in [5, 5.41) is 6.00. The van der Waals surface area contributed by atoms with Crippen molar-refractivity contribution in [3.8, 4) is 11.5 Å². The second-order valence-electron chi connectivity index (χ2n) is 6.23. The molecule has 0 aromatic heterocycles. The average molecular weight is 391 g/mol. The fourth-order valence-corrected chi connectivity index (χ4v) is 2.70. The van der Waals surface area contributed by atoms with Gasteiger partial charge in [-0.1, -0.05) is 17.7 Å². The largest absolute Gasteiger partial charge is 0.493 e.